The summed E-state index contributed by atoms with van der Waals surface area (Å²) in [5, 5.41) is 4.69. The van der Waals surface area contributed by atoms with Gasteiger partial charge >= 0.3 is 0 Å². The van der Waals surface area contributed by atoms with Crippen molar-refractivity contribution in [3.05, 3.63) is 52.5 Å². The molecule has 7 heteroatoms. The zero-order valence-corrected chi connectivity index (χ0v) is 17.5. The van der Waals surface area contributed by atoms with Gasteiger partial charge in [0.15, 0.2) is 23.0 Å². The van der Waals surface area contributed by atoms with Gasteiger partial charge in [0.2, 0.25) is 0 Å². The summed E-state index contributed by atoms with van der Waals surface area (Å²) in [5.41, 5.74) is 0.986. The monoisotopic (exact) mass is 445 g/mol. The molecule has 0 aliphatic carbocycles. The Kier molecular flexibility index (Phi) is 5.94. The van der Waals surface area contributed by atoms with Crippen LogP contribution >= 0.6 is 15.9 Å². The van der Waals surface area contributed by atoms with Gasteiger partial charge in [0.05, 0.1) is 34.0 Å². The molecule has 0 unspecified atom stereocenters. The molecule has 0 aliphatic rings. The number of hydrogen-bond donors (Lipinski definition) is 1. The second-order valence-corrected chi connectivity index (χ2v) is 6.70. The van der Waals surface area contributed by atoms with Crippen molar-refractivity contribution >= 4 is 38.3 Å². The third-order valence-electron chi connectivity index (χ3n) is 4.35. The Balaban J connectivity index is 2.07. The van der Waals surface area contributed by atoms with Gasteiger partial charge in [-0.3, -0.25) is 4.79 Å². The quantitative estimate of drug-likeness (QED) is 0.584. The Morgan fingerprint density at radius 2 is 1.54 bits per heavy atom. The molecule has 0 aromatic heterocycles. The first-order valence-corrected chi connectivity index (χ1v) is 9.19. The molecule has 3 rings (SSSR count). The van der Waals surface area contributed by atoms with E-state index in [0.717, 1.165) is 10.8 Å². The van der Waals surface area contributed by atoms with Crippen molar-refractivity contribution in [2.75, 3.05) is 33.8 Å². The van der Waals surface area contributed by atoms with E-state index >= 15 is 0 Å². The minimum Gasteiger partial charge on any atom is -0.493 e. The number of anilines is 1. The van der Waals surface area contributed by atoms with Crippen LogP contribution in [0.3, 0.4) is 0 Å². The number of methoxy groups -OCH3 is 4. The Bertz CT molecular complexity index is 1030. The Morgan fingerprint density at radius 3 is 2.18 bits per heavy atom. The fourth-order valence-corrected chi connectivity index (χ4v) is 3.50. The minimum atomic E-state index is -0.329. The first-order chi connectivity index (χ1) is 13.5. The van der Waals surface area contributed by atoms with Crippen LogP contribution in [0, 0.1) is 0 Å². The molecule has 3 aromatic rings. The minimum absolute atomic E-state index is 0.329. The van der Waals surface area contributed by atoms with Gasteiger partial charge in [-0.2, -0.15) is 0 Å². The van der Waals surface area contributed by atoms with E-state index in [1.807, 2.05) is 30.3 Å². The molecule has 0 saturated heterocycles. The summed E-state index contributed by atoms with van der Waals surface area (Å²) in [5.74, 6) is 1.70. The van der Waals surface area contributed by atoms with Gasteiger partial charge in [-0.1, -0.05) is 12.1 Å². The van der Waals surface area contributed by atoms with E-state index < -0.39 is 0 Å². The largest absolute Gasteiger partial charge is 0.493 e. The summed E-state index contributed by atoms with van der Waals surface area (Å²) in [4.78, 5) is 13.1. The Hall–Kier alpha value is -2.93. The van der Waals surface area contributed by atoms with E-state index in [0.29, 0.717) is 38.7 Å². The highest BCUT2D eigenvalue weighted by Gasteiger charge is 2.21. The predicted octanol–water partition coefficient (Wildman–Crippen LogP) is 4.89. The van der Waals surface area contributed by atoms with Crippen LogP contribution in [-0.4, -0.2) is 34.3 Å². The smallest absolute Gasteiger partial charge is 0.260 e. The first kappa shape index (κ1) is 19.8. The maximum Gasteiger partial charge on any atom is 0.260 e. The van der Waals surface area contributed by atoms with Gasteiger partial charge in [0.25, 0.3) is 5.91 Å². The summed E-state index contributed by atoms with van der Waals surface area (Å²) in [6.07, 6.45) is 0. The van der Waals surface area contributed by atoms with Gasteiger partial charge < -0.3 is 24.3 Å². The fourth-order valence-electron chi connectivity index (χ4n) is 3.01. The third-order valence-corrected chi connectivity index (χ3v) is 5.02. The molecule has 0 saturated carbocycles. The highest BCUT2D eigenvalue weighted by Crippen LogP contribution is 2.38. The molecule has 0 bridgehead atoms. The molecule has 0 spiro atoms. The Labute approximate surface area is 171 Å². The lowest BCUT2D eigenvalue weighted by atomic mass is 10.1. The molecule has 146 valence electrons. The van der Waals surface area contributed by atoms with Gasteiger partial charge in [0.1, 0.15) is 0 Å². The van der Waals surface area contributed by atoms with Crippen LogP contribution in [0.25, 0.3) is 10.8 Å². The third kappa shape index (κ3) is 3.57. The number of amides is 1. The zero-order valence-electron chi connectivity index (χ0n) is 16.0. The molecule has 28 heavy (non-hydrogen) atoms. The summed E-state index contributed by atoms with van der Waals surface area (Å²) in [6, 6.07) is 12.8. The molecule has 0 aliphatic heterocycles. The first-order valence-electron chi connectivity index (χ1n) is 8.40. The van der Waals surface area contributed by atoms with Crippen LogP contribution in [0.15, 0.2) is 46.9 Å². The number of carbonyl (C=O) groups excluding carboxylic acids is 1. The van der Waals surface area contributed by atoms with E-state index in [4.69, 9.17) is 18.9 Å². The average Bonchev–Trinajstić information content (AvgIpc) is 2.72. The highest BCUT2D eigenvalue weighted by atomic mass is 79.9. The topological polar surface area (TPSA) is 66.0 Å². The van der Waals surface area contributed by atoms with Crippen LogP contribution in [0.1, 0.15) is 10.4 Å². The second-order valence-electron chi connectivity index (χ2n) is 5.85. The number of hydrogen-bond acceptors (Lipinski definition) is 5. The standard InChI is InChI=1S/C21H20BrNO5/c1-25-16-9-8-14(22)19(20(16)28-4)21(24)23-15-7-5-6-12-10-17(26-2)18(27-3)11-13(12)15/h5-11H,1-4H3,(H,23,24). The van der Waals surface area contributed by atoms with Gasteiger partial charge in [-0.05, 0) is 51.6 Å². The maximum atomic E-state index is 13.1. The molecule has 6 nitrogen and oxygen atoms in total. The predicted molar refractivity (Wildman–Crippen MR) is 112 cm³/mol. The van der Waals surface area contributed by atoms with E-state index in [1.54, 1.807) is 26.4 Å². The number of benzene rings is 3. The van der Waals surface area contributed by atoms with Crippen LogP contribution in [0.2, 0.25) is 0 Å². The van der Waals surface area contributed by atoms with Gasteiger partial charge in [0, 0.05) is 15.5 Å². The van der Waals surface area contributed by atoms with Crippen molar-refractivity contribution in [3.63, 3.8) is 0 Å². The number of ether oxygens (including phenoxy) is 4. The number of carbonyl (C=O) groups is 1. The normalized spacial score (nSPS) is 10.5. The van der Waals surface area contributed by atoms with E-state index in [9.17, 15) is 4.79 Å². The van der Waals surface area contributed by atoms with Crippen LogP contribution in [0.4, 0.5) is 5.69 Å². The summed E-state index contributed by atoms with van der Waals surface area (Å²) in [6.45, 7) is 0. The zero-order chi connectivity index (χ0) is 20.3. The van der Waals surface area contributed by atoms with Gasteiger partial charge in [-0.15, -0.1) is 0 Å². The van der Waals surface area contributed by atoms with Crippen LogP contribution < -0.4 is 24.3 Å². The number of rotatable bonds is 6. The summed E-state index contributed by atoms with van der Waals surface area (Å²) in [7, 11) is 6.18. The molecule has 0 fully saturated rings. The highest BCUT2D eigenvalue weighted by molar-refractivity contribution is 9.10. The Morgan fingerprint density at radius 1 is 0.857 bits per heavy atom. The van der Waals surface area contributed by atoms with Crippen molar-refractivity contribution < 1.29 is 23.7 Å². The molecule has 0 atom stereocenters. The van der Waals surface area contributed by atoms with E-state index in [2.05, 4.69) is 21.2 Å². The van der Waals surface area contributed by atoms with Crippen molar-refractivity contribution in [1.82, 2.24) is 0 Å². The lowest BCUT2D eigenvalue weighted by molar-refractivity contribution is 0.102. The second kappa shape index (κ2) is 8.39. The van der Waals surface area contributed by atoms with E-state index in [1.165, 1.54) is 14.2 Å². The van der Waals surface area contributed by atoms with Crippen LogP contribution in [-0.2, 0) is 0 Å². The fraction of sp³-hybridized carbons (Fsp3) is 0.190. The van der Waals surface area contributed by atoms with Crippen molar-refractivity contribution in [2.45, 2.75) is 0 Å². The molecular formula is C21H20BrNO5. The average molecular weight is 446 g/mol. The SMILES string of the molecule is COc1cc2cccc(NC(=O)c3c(Br)ccc(OC)c3OC)c2cc1OC. The van der Waals surface area contributed by atoms with Crippen molar-refractivity contribution in [1.29, 1.82) is 0 Å². The number of fused-ring (bicyclic) bond motifs is 1. The lowest BCUT2D eigenvalue weighted by Gasteiger charge is -2.16. The number of nitrogens with one attached hydrogen (secondary N) is 1. The molecule has 1 N–H and O–H groups in total. The molecule has 0 radical (unpaired) electrons. The van der Waals surface area contributed by atoms with Crippen molar-refractivity contribution in [3.8, 4) is 23.0 Å². The summed E-state index contributed by atoms with van der Waals surface area (Å²) < 4.78 is 22.1. The molecule has 3 aromatic carbocycles. The number of halogens is 1. The lowest BCUT2D eigenvalue weighted by Crippen LogP contribution is -2.14. The summed E-state index contributed by atoms with van der Waals surface area (Å²) >= 11 is 3.42. The van der Waals surface area contributed by atoms with Crippen LogP contribution in [0.5, 0.6) is 23.0 Å². The maximum absolute atomic E-state index is 13.1. The molecule has 1 amide bonds. The molecule has 0 heterocycles. The van der Waals surface area contributed by atoms with E-state index in [-0.39, 0.29) is 5.91 Å². The van der Waals surface area contributed by atoms with Crippen molar-refractivity contribution in [2.24, 2.45) is 0 Å². The van der Waals surface area contributed by atoms with Gasteiger partial charge in [-0.25, -0.2) is 0 Å². The molecular weight excluding hydrogens is 426 g/mol.